The van der Waals surface area contributed by atoms with Gasteiger partial charge >= 0.3 is 0 Å². The van der Waals surface area contributed by atoms with Crippen molar-refractivity contribution >= 4 is 16.9 Å². The molecular formula is C20H21N3O3. The average Bonchev–Trinajstić information content (AvgIpc) is 3.04. The van der Waals surface area contributed by atoms with Crippen LogP contribution >= 0.6 is 0 Å². The Morgan fingerprint density at radius 1 is 1.38 bits per heavy atom. The summed E-state index contributed by atoms with van der Waals surface area (Å²) < 4.78 is 11.1. The summed E-state index contributed by atoms with van der Waals surface area (Å²) in [5.74, 6) is 2.14. The number of amides is 1. The highest BCUT2D eigenvalue weighted by Gasteiger charge is 2.27. The van der Waals surface area contributed by atoms with Crippen molar-refractivity contribution in [2.75, 3.05) is 13.7 Å². The molecule has 1 aliphatic rings. The van der Waals surface area contributed by atoms with Crippen molar-refractivity contribution in [1.82, 2.24) is 15.3 Å². The number of nitrogens with one attached hydrogen (secondary N) is 2. The molecule has 1 amide bonds. The highest BCUT2D eigenvalue weighted by molar-refractivity contribution is 5.80. The van der Waals surface area contributed by atoms with Gasteiger partial charge in [-0.1, -0.05) is 18.2 Å². The lowest BCUT2D eigenvalue weighted by atomic mass is 9.95. The first kappa shape index (κ1) is 16.4. The van der Waals surface area contributed by atoms with Crippen LogP contribution in [0, 0.1) is 12.8 Å². The van der Waals surface area contributed by atoms with Crippen molar-refractivity contribution < 1.29 is 14.3 Å². The van der Waals surface area contributed by atoms with Gasteiger partial charge in [0.15, 0.2) is 11.5 Å². The molecule has 2 N–H and O–H groups in total. The van der Waals surface area contributed by atoms with Gasteiger partial charge in [-0.25, -0.2) is 4.98 Å². The number of H-pyrrole nitrogens is 1. The van der Waals surface area contributed by atoms with Crippen LogP contribution in [0.1, 0.15) is 17.0 Å². The van der Waals surface area contributed by atoms with E-state index in [0.717, 1.165) is 33.7 Å². The summed E-state index contributed by atoms with van der Waals surface area (Å²) in [6.45, 7) is 2.77. The number of rotatable bonds is 4. The molecule has 1 unspecified atom stereocenters. The Labute approximate surface area is 151 Å². The zero-order valence-electron chi connectivity index (χ0n) is 14.8. The molecule has 6 nitrogen and oxygen atoms in total. The number of imidazole rings is 1. The molecule has 6 heteroatoms. The van der Waals surface area contributed by atoms with Crippen LogP contribution in [0.15, 0.2) is 36.4 Å². The van der Waals surface area contributed by atoms with E-state index in [1.54, 1.807) is 7.11 Å². The fourth-order valence-electron chi connectivity index (χ4n) is 3.35. The molecular weight excluding hydrogens is 330 g/mol. The number of aryl methyl sites for hydroxylation is 1. The first-order valence-electron chi connectivity index (χ1n) is 8.65. The van der Waals surface area contributed by atoms with Crippen LogP contribution in [0.5, 0.6) is 11.5 Å². The van der Waals surface area contributed by atoms with Crippen molar-refractivity contribution in [3.8, 4) is 11.5 Å². The molecule has 2 heterocycles. The molecule has 0 bridgehead atoms. The summed E-state index contributed by atoms with van der Waals surface area (Å²) in [7, 11) is 1.62. The molecule has 1 atom stereocenters. The molecule has 1 aliphatic heterocycles. The van der Waals surface area contributed by atoms with E-state index in [1.165, 1.54) is 0 Å². The van der Waals surface area contributed by atoms with Crippen LogP contribution in [0.3, 0.4) is 0 Å². The van der Waals surface area contributed by atoms with Gasteiger partial charge in [0, 0.05) is 6.54 Å². The third-order valence-electron chi connectivity index (χ3n) is 4.68. The largest absolute Gasteiger partial charge is 0.493 e. The molecule has 0 saturated carbocycles. The number of para-hydroxylation sites is 1. The monoisotopic (exact) mass is 351 g/mol. The molecule has 0 fully saturated rings. The second-order valence-electron chi connectivity index (χ2n) is 6.55. The Kier molecular flexibility index (Phi) is 4.24. The van der Waals surface area contributed by atoms with Crippen LogP contribution in [0.25, 0.3) is 11.0 Å². The maximum absolute atomic E-state index is 12.6. The highest BCUT2D eigenvalue weighted by Crippen LogP contribution is 2.36. The SMILES string of the molecule is COc1cccc2c1OCC(C(=O)NCc1ccc3nc(C)[nH]c3c1)C2. The van der Waals surface area contributed by atoms with Crippen LogP contribution in [-0.2, 0) is 17.8 Å². The zero-order chi connectivity index (χ0) is 18.1. The van der Waals surface area contributed by atoms with Gasteiger partial charge < -0.3 is 19.8 Å². The van der Waals surface area contributed by atoms with Gasteiger partial charge in [-0.3, -0.25) is 4.79 Å². The number of fused-ring (bicyclic) bond motifs is 2. The first-order chi connectivity index (χ1) is 12.6. The molecule has 0 saturated heterocycles. The number of hydrogen-bond acceptors (Lipinski definition) is 4. The second-order valence-corrected chi connectivity index (χ2v) is 6.55. The van der Waals surface area contributed by atoms with Crippen molar-refractivity contribution in [1.29, 1.82) is 0 Å². The van der Waals surface area contributed by atoms with Crippen molar-refractivity contribution in [2.24, 2.45) is 5.92 Å². The van der Waals surface area contributed by atoms with Crippen LogP contribution in [-0.4, -0.2) is 29.6 Å². The van der Waals surface area contributed by atoms with E-state index < -0.39 is 0 Å². The zero-order valence-corrected chi connectivity index (χ0v) is 14.8. The third-order valence-corrected chi connectivity index (χ3v) is 4.68. The molecule has 134 valence electrons. The van der Waals surface area contributed by atoms with E-state index in [4.69, 9.17) is 9.47 Å². The summed E-state index contributed by atoms with van der Waals surface area (Å²) in [5.41, 5.74) is 3.96. The average molecular weight is 351 g/mol. The van der Waals surface area contributed by atoms with Gasteiger partial charge in [-0.05, 0) is 42.7 Å². The van der Waals surface area contributed by atoms with E-state index in [1.807, 2.05) is 43.3 Å². The van der Waals surface area contributed by atoms with Gasteiger partial charge in [-0.2, -0.15) is 0 Å². The quantitative estimate of drug-likeness (QED) is 0.758. The fourth-order valence-corrected chi connectivity index (χ4v) is 3.35. The smallest absolute Gasteiger partial charge is 0.227 e. The van der Waals surface area contributed by atoms with Crippen molar-refractivity contribution in [3.63, 3.8) is 0 Å². The Morgan fingerprint density at radius 2 is 2.27 bits per heavy atom. The molecule has 3 aromatic rings. The topological polar surface area (TPSA) is 76.2 Å². The normalized spacial score (nSPS) is 16.0. The Bertz CT molecular complexity index is 964. The molecule has 1 aromatic heterocycles. The lowest BCUT2D eigenvalue weighted by molar-refractivity contribution is -0.126. The van der Waals surface area contributed by atoms with Crippen LogP contribution in [0.2, 0.25) is 0 Å². The number of benzene rings is 2. The maximum Gasteiger partial charge on any atom is 0.227 e. The number of hydrogen-bond donors (Lipinski definition) is 2. The first-order valence-corrected chi connectivity index (χ1v) is 8.65. The van der Waals surface area contributed by atoms with Gasteiger partial charge in [-0.15, -0.1) is 0 Å². The number of aromatic nitrogens is 2. The van der Waals surface area contributed by atoms with Crippen molar-refractivity contribution in [3.05, 3.63) is 53.3 Å². The Morgan fingerprint density at radius 3 is 3.12 bits per heavy atom. The highest BCUT2D eigenvalue weighted by atomic mass is 16.5. The van der Waals surface area contributed by atoms with Gasteiger partial charge in [0.2, 0.25) is 5.91 Å². The predicted molar refractivity (Wildman–Crippen MR) is 98.4 cm³/mol. The lowest BCUT2D eigenvalue weighted by Gasteiger charge is -2.25. The maximum atomic E-state index is 12.6. The van der Waals surface area contributed by atoms with Crippen molar-refractivity contribution in [2.45, 2.75) is 19.9 Å². The van der Waals surface area contributed by atoms with Gasteiger partial charge in [0.1, 0.15) is 12.4 Å². The summed E-state index contributed by atoms with van der Waals surface area (Å²) in [5, 5.41) is 3.02. The van der Waals surface area contributed by atoms with E-state index in [0.29, 0.717) is 25.3 Å². The number of ether oxygens (including phenoxy) is 2. The standard InChI is InChI=1S/C20H21N3O3/c1-12-22-16-7-6-13(8-17(16)23-12)10-21-20(24)15-9-14-4-3-5-18(25-2)19(14)26-11-15/h3-8,15H,9-11H2,1-2H3,(H,21,24)(H,22,23). The van der Waals surface area contributed by atoms with E-state index in [9.17, 15) is 4.79 Å². The molecule has 4 rings (SSSR count). The third kappa shape index (κ3) is 3.10. The number of carbonyl (C=O) groups excluding carboxylic acids is 1. The Balaban J connectivity index is 1.41. The van der Waals surface area contributed by atoms with E-state index in [-0.39, 0.29) is 11.8 Å². The molecule has 0 spiro atoms. The summed E-state index contributed by atoms with van der Waals surface area (Å²) >= 11 is 0. The summed E-state index contributed by atoms with van der Waals surface area (Å²) in [6.07, 6.45) is 0.650. The molecule has 26 heavy (non-hydrogen) atoms. The Hall–Kier alpha value is -3.02. The van der Waals surface area contributed by atoms with E-state index in [2.05, 4.69) is 15.3 Å². The number of methoxy groups -OCH3 is 1. The molecule has 0 radical (unpaired) electrons. The number of aromatic amines is 1. The van der Waals surface area contributed by atoms with E-state index >= 15 is 0 Å². The predicted octanol–water partition coefficient (Wildman–Crippen LogP) is 2.75. The fraction of sp³-hybridized carbons (Fsp3) is 0.300. The summed E-state index contributed by atoms with van der Waals surface area (Å²) in [4.78, 5) is 20.2. The van der Waals surface area contributed by atoms with Gasteiger partial charge in [0.05, 0.1) is 24.1 Å². The number of nitrogens with zero attached hydrogens (tertiary/aromatic N) is 1. The van der Waals surface area contributed by atoms with Crippen LogP contribution < -0.4 is 14.8 Å². The minimum Gasteiger partial charge on any atom is -0.493 e. The van der Waals surface area contributed by atoms with Crippen LogP contribution in [0.4, 0.5) is 0 Å². The molecule has 0 aliphatic carbocycles. The molecule has 2 aromatic carbocycles. The van der Waals surface area contributed by atoms with Gasteiger partial charge in [0.25, 0.3) is 0 Å². The minimum absolute atomic E-state index is 0.000594. The second kappa shape index (κ2) is 6.71. The minimum atomic E-state index is -0.201. The summed E-state index contributed by atoms with van der Waals surface area (Å²) in [6, 6.07) is 11.7. The lowest BCUT2D eigenvalue weighted by Crippen LogP contribution is -2.37. The number of carbonyl (C=O) groups is 1.